The third-order valence-corrected chi connectivity index (χ3v) is 3.57. The molecule has 0 aromatic carbocycles. The fourth-order valence-electron chi connectivity index (χ4n) is 2.19. The van der Waals surface area contributed by atoms with Gasteiger partial charge in [-0.3, -0.25) is 0 Å². The van der Waals surface area contributed by atoms with Crippen LogP contribution in [0.15, 0.2) is 36.1 Å². The Bertz CT molecular complexity index is 370. The molecule has 0 aromatic rings. The van der Waals surface area contributed by atoms with Crippen LogP contribution in [0.25, 0.3) is 0 Å². The number of hydrogen-bond donors (Lipinski definition) is 1. The Labute approximate surface area is 140 Å². The largest absolute Gasteiger partial charge is 0.463 e. The quantitative estimate of drug-likeness (QED) is 0.0863. The van der Waals surface area contributed by atoms with Gasteiger partial charge in [0.1, 0.15) is 0 Å². The molecule has 0 bridgehead atoms. The van der Waals surface area contributed by atoms with Crippen LogP contribution in [-0.2, 0) is 14.4 Å². The highest BCUT2D eigenvalue weighted by Gasteiger charge is 2.09. The molecule has 1 N–H and O–H groups in total. The molecule has 0 spiro atoms. The van der Waals surface area contributed by atoms with Gasteiger partial charge in [0.15, 0.2) is 0 Å². The maximum absolute atomic E-state index is 11.1. The van der Waals surface area contributed by atoms with Gasteiger partial charge in [-0.25, -0.2) is 10.1 Å². The maximum Gasteiger partial charge on any atom is 0.377 e. The van der Waals surface area contributed by atoms with Crippen molar-refractivity contribution >= 4 is 5.97 Å². The van der Waals surface area contributed by atoms with Gasteiger partial charge in [0.2, 0.25) is 5.76 Å². The monoisotopic (exact) mass is 324 g/mol. The minimum Gasteiger partial charge on any atom is -0.463 e. The normalized spacial score (nSPS) is 12.2. The molecule has 0 aliphatic rings. The zero-order chi connectivity index (χ0) is 17.2. The van der Waals surface area contributed by atoms with Crippen molar-refractivity contribution in [3.63, 3.8) is 0 Å². The van der Waals surface area contributed by atoms with Gasteiger partial charge in [-0.2, -0.15) is 0 Å². The van der Waals surface area contributed by atoms with Gasteiger partial charge in [0, 0.05) is 0 Å². The summed E-state index contributed by atoms with van der Waals surface area (Å²) in [6.07, 6.45) is 21.9. The molecule has 4 heteroatoms. The summed E-state index contributed by atoms with van der Waals surface area (Å²) in [5.41, 5.74) is 0. The van der Waals surface area contributed by atoms with Crippen molar-refractivity contribution in [1.82, 2.24) is 0 Å². The molecule has 0 unspecified atom stereocenters. The van der Waals surface area contributed by atoms with Gasteiger partial charge in [-0.1, -0.05) is 82.6 Å². The number of unbranched alkanes of at least 4 members (excludes halogenated alkanes) is 9. The van der Waals surface area contributed by atoms with Crippen LogP contribution in [0.3, 0.4) is 0 Å². The summed E-state index contributed by atoms with van der Waals surface area (Å²) in [5, 5.41) is 8.51. The van der Waals surface area contributed by atoms with Crippen LogP contribution in [0.2, 0.25) is 0 Å². The number of carbonyl (C=O) groups is 1. The van der Waals surface area contributed by atoms with Crippen LogP contribution in [0.5, 0.6) is 0 Å². The van der Waals surface area contributed by atoms with Crippen LogP contribution >= 0.6 is 0 Å². The average Bonchev–Trinajstić information content (AvgIpc) is 2.58. The first-order chi connectivity index (χ1) is 11.3. The lowest BCUT2D eigenvalue weighted by Crippen LogP contribution is -2.06. The molecule has 132 valence electrons. The van der Waals surface area contributed by atoms with E-state index in [1.165, 1.54) is 71.0 Å². The standard InChI is InChI=1S/C19H32O4/c1-3-4-5-6-7-8-9-10-11-12-13-14-15-16-17-18(23-21)19(20)22-2/h13-17,21H,3-12H2,1-2H3/b14-13+,16-15+,18-17-. The molecular formula is C19H32O4. The summed E-state index contributed by atoms with van der Waals surface area (Å²) in [7, 11) is 1.23. The van der Waals surface area contributed by atoms with Crippen LogP contribution in [0.4, 0.5) is 0 Å². The topological polar surface area (TPSA) is 55.8 Å². The van der Waals surface area contributed by atoms with E-state index in [1.54, 1.807) is 12.2 Å². The number of allylic oxidation sites excluding steroid dienone is 5. The zero-order valence-corrected chi connectivity index (χ0v) is 14.6. The maximum atomic E-state index is 11.1. The minimum atomic E-state index is -0.712. The first-order valence-corrected chi connectivity index (χ1v) is 8.69. The van der Waals surface area contributed by atoms with Crippen molar-refractivity contribution in [3.8, 4) is 0 Å². The SMILES string of the molecule is CCCCCCCCCCC/C=C/C=C/C=C(\OO)C(=O)OC. The van der Waals surface area contributed by atoms with Gasteiger partial charge in [-0.15, -0.1) is 0 Å². The van der Waals surface area contributed by atoms with Crippen molar-refractivity contribution in [1.29, 1.82) is 0 Å². The van der Waals surface area contributed by atoms with Crippen molar-refractivity contribution in [2.45, 2.75) is 71.1 Å². The highest BCUT2D eigenvalue weighted by atomic mass is 17.1. The highest BCUT2D eigenvalue weighted by molar-refractivity contribution is 5.86. The van der Waals surface area contributed by atoms with Crippen molar-refractivity contribution in [3.05, 3.63) is 36.1 Å². The predicted molar refractivity (Wildman–Crippen MR) is 93.9 cm³/mol. The third kappa shape index (κ3) is 13.8. The Morgan fingerprint density at radius 1 is 0.913 bits per heavy atom. The summed E-state index contributed by atoms with van der Waals surface area (Å²) in [6, 6.07) is 0. The number of methoxy groups -OCH3 is 1. The smallest absolute Gasteiger partial charge is 0.377 e. The van der Waals surface area contributed by atoms with Gasteiger partial charge in [0.25, 0.3) is 0 Å². The molecule has 0 rings (SSSR count). The zero-order valence-electron chi connectivity index (χ0n) is 14.6. The van der Waals surface area contributed by atoms with Crippen LogP contribution in [-0.4, -0.2) is 18.3 Å². The average molecular weight is 324 g/mol. The van der Waals surface area contributed by atoms with Gasteiger partial charge < -0.3 is 9.62 Å². The van der Waals surface area contributed by atoms with E-state index in [-0.39, 0.29) is 5.76 Å². The molecule has 23 heavy (non-hydrogen) atoms. The summed E-state index contributed by atoms with van der Waals surface area (Å²) < 4.78 is 4.43. The molecule has 0 aliphatic heterocycles. The van der Waals surface area contributed by atoms with E-state index in [1.807, 2.05) is 6.08 Å². The molecule has 0 radical (unpaired) electrons. The Balaban J connectivity index is 3.58. The second kappa shape index (κ2) is 16.8. The molecule has 0 atom stereocenters. The molecule has 0 aromatic heterocycles. The fourth-order valence-corrected chi connectivity index (χ4v) is 2.19. The highest BCUT2D eigenvalue weighted by Crippen LogP contribution is 2.10. The Morgan fingerprint density at radius 3 is 2.09 bits per heavy atom. The summed E-state index contributed by atoms with van der Waals surface area (Å²) in [5.74, 6) is -0.952. The Kier molecular flexibility index (Phi) is 15.7. The van der Waals surface area contributed by atoms with E-state index >= 15 is 0 Å². The van der Waals surface area contributed by atoms with Gasteiger partial charge >= 0.3 is 5.97 Å². The van der Waals surface area contributed by atoms with Crippen LogP contribution in [0, 0.1) is 0 Å². The number of rotatable bonds is 14. The molecule has 0 saturated heterocycles. The molecule has 0 fully saturated rings. The van der Waals surface area contributed by atoms with E-state index in [0.717, 1.165) is 6.42 Å². The molecule has 4 nitrogen and oxygen atoms in total. The predicted octanol–water partition coefficient (Wildman–Crippen LogP) is 5.57. The van der Waals surface area contributed by atoms with Crippen LogP contribution < -0.4 is 0 Å². The summed E-state index contributed by atoms with van der Waals surface area (Å²) >= 11 is 0. The summed E-state index contributed by atoms with van der Waals surface area (Å²) in [6.45, 7) is 2.25. The lowest BCUT2D eigenvalue weighted by atomic mass is 10.1. The molecule has 0 saturated carbocycles. The van der Waals surface area contributed by atoms with E-state index in [9.17, 15) is 4.79 Å². The van der Waals surface area contributed by atoms with Gasteiger partial charge in [-0.05, 0) is 18.9 Å². The lowest BCUT2D eigenvalue weighted by Gasteiger charge is -2.00. The molecule has 0 heterocycles. The molecule has 0 amide bonds. The molecular weight excluding hydrogens is 292 g/mol. The van der Waals surface area contributed by atoms with E-state index in [2.05, 4.69) is 22.6 Å². The second-order valence-corrected chi connectivity index (χ2v) is 5.54. The summed E-state index contributed by atoms with van der Waals surface area (Å²) in [4.78, 5) is 15.0. The van der Waals surface area contributed by atoms with E-state index in [0.29, 0.717) is 0 Å². The van der Waals surface area contributed by atoms with Crippen LogP contribution in [0.1, 0.15) is 71.1 Å². The number of carbonyl (C=O) groups excluding carboxylic acids is 1. The van der Waals surface area contributed by atoms with Crippen molar-refractivity contribution in [2.75, 3.05) is 7.11 Å². The Morgan fingerprint density at radius 2 is 1.52 bits per heavy atom. The fraction of sp³-hybridized carbons (Fsp3) is 0.632. The lowest BCUT2D eigenvalue weighted by molar-refractivity contribution is -0.211. The number of esters is 1. The van der Waals surface area contributed by atoms with E-state index < -0.39 is 5.97 Å². The van der Waals surface area contributed by atoms with Gasteiger partial charge in [0.05, 0.1) is 7.11 Å². The second-order valence-electron chi connectivity index (χ2n) is 5.54. The third-order valence-electron chi connectivity index (χ3n) is 3.57. The van der Waals surface area contributed by atoms with Crippen molar-refractivity contribution < 1.29 is 19.7 Å². The minimum absolute atomic E-state index is 0.240. The van der Waals surface area contributed by atoms with E-state index in [4.69, 9.17) is 5.26 Å². The Hall–Kier alpha value is -1.55. The molecule has 0 aliphatic carbocycles. The first kappa shape index (κ1) is 21.4. The number of ether oxygens (including phenoxy) is 1. The number of hydrogen-bond acceptors (Lipinski definition) is 4. The van der Waals surface area contributed by atoms with Crippen molar-refractivity contribution in [2.24, 2.45) is 0 Å². The first-order valence-electron chi connectivity index (χ1n) is 8.69.